The topological polar surface area (TPSA) is 48.9 Å². The van der Waals surface area contributed by atoms with E-state index in [4.69, 9.17) is 4.74 Å². The zero-order valence-electron chi connectivity index (χ0n) is 15.2. The Hall–Kier alpha value is -1.75. The smallest absolute Gasteiger partial charge is 0.191 e. The highest BCUT2D eigenvalue weighted by atomic mass is 16.5. The molecule has 0 aromatic heterocycles. The van der Waals surface area contributed by atoms with Crippen LogP contribution in [0.2, 0.25) is 0 Å². The molecule has 2 N–H and O–H groups in total. The predicted octanol–water partition coefficient (Wildman–Crippen LogP) is 2.48. The van der Waals surface area contributed by atoms with Crippen molar-refractivity contribution in [2.75, 3.05) is 33.8 Å². The fraction of sp³-hybridized carbons (Fsp3) is 0.611. The van der Waals surface area contributed by atoms with Crippen LogP contribution in [0.15, 0.2) is 29.3 Å². The molecule has 5 nitrogen and oxygen atoms in total. The van der Waals surface area contributed by atoms with Crippen molar-refractivity contribution >= 4 is 5.96 Å². The van der Waals surface area contributed by atoms with Crippen molar-refractivity contribution in [3.05, 3.63) is 29.8 Å². The van der Waals surface area contributed by atoms with Gasteiger partial charge in [-0.1, -0.05) is 12.1 Å². The first-order valence-corrected chi connectivity index (χ1v) is 8.42. The SMILES string of the molecule is CCNC(=NCc1ccc(OCCCN(C)C)cc1)NC(C)C. The molecule has 0 amide bonds. The lowest BCUT2D eigenvalue weighted by Gasteiger charge is -2.14. The fourth-order valence-electron chi connectivity index (χ4n) is 2.03. The van der Waals surface area contributed by atoms with Crippen LogP contribution in [-0.4, -0.2) is 50.7 Å². The number of nitrogens with one attached hydrogen (secondary N) is 2. The van der Waals surface area contributed by atoms with E-state index in [1.54, 1.807) is 0 Å². The second kappa shape index (κ2) is 10.9. The summed E-state index contributed by atoms with van der Waals surface area (Å²) in [6.07, 6.45) is 1.03. The van der Waals surface area contributed by atoms with Crippen LogP contribution in [0.1, 0.15) is 32.8 Å². The minimum absolute atomic E-state index is 0.366. The van der Waals surface area contributed by atoms with E-state index in [0.717, 1.165) is 37.8 Å². The molecule has 0 unspecified atom stereocenters. The third kappa shape index (κ3) is 9.08. The van der Waals surface area contributed by atoms with Gasteiger partial charge in [0.15, 0.2) is 5.96 Å². The molecule has 0 atom stereocenters. The van der Waals surface area contributed by atoms with Gasteiger partial charge >= 0.3 is 0 Å². The van der Waals surface area contributed by atoms with Gasteiger partial charge in [0, 0.05) is 19.1 Å². The summed E-state index contributed by atoms with van der Waals surface area (Å²) < 4.78 is 5.74. The molecule has 1 aromatic carbocycles. The summed E-state index contributed by atoms with van der Waals surface area (Å²) >= 11 is 0. The van der Waals surface area contributed by atoms with Gasteiger partial charge in [-0.25, -0.2) is 4.99 Å². The molecule has 130 valence electrons. The zero-order valence-corrected chi connectivity index (χ0v) is 15.2. The predicted molar refractivity (Wildman–Crippen MR) is 98.2 cm³/mol. The van der Waals surface area contributed by atoms with Gasteiger partial charge in [0.25, 0.3) is 0 Å². The minimum Gasteiger partial charge on any atom is -0.494 e. The summed E-state index contributed by atoms with van der Waals surface area (Å²) in [6, 6.07) is 8.55. The normalized spacial score (nSPS) is 11.9. The molecule has 1 rings (SSSR count). The van der Waals surface area contributed by atoms with Crippen LogP contribution >= 0.6 is 0 Å². The summed E-state index contributed by atoms with van der Waals surface area (Å²) in [5.41, 5.74) is 1.17. The van der Waals surface area contributed by atoms with E-state index in [1.165, 1.54) is 5.56 Å². The van der Waals surface area contributed by atoms with Crippen LogP contribution < -0.4 is 15.4 Å². The molecule has 1 aromatic rings. The molecule has 0 saturated carbocycles. The van der Waals surface area contributed by atoms with Crippen molar-refractivity contribution in [3.63, 3.8) is 0 Å². The quantitative estimate of drug-likeness (QED) is 0.417. The van der Waals surface area contributed by atoms with Gasteiger partial charge in [0.05, 0.1) is 13.2 Å². The van der Waals surface area contributed by atoms with E-state index < -0.39 is 0 Å². The van der Waals surface area contributed by atoms with Crippen LogP contribution in [0.5, 0.6) is 5.75 Å². The number of nitrogens with zero attached hydrogens (tertiary/aromatic N) is 2. The molecule has 0 aliphatic rings. The van der Waals surface area contributed by atoms with Crippen molar-refractivity contribution in [1.29, 1.82) is 0 Å². The zero-order chi connectivity index (χ0) is 17.1. The Morgan fingerprint density at radius 2 is 1.91 bits per heavy atom. The van der Waals surface area contributed by atoms with E-state index in [-0.39, 0.29) is 0 Å². The molecule has 0 heterocycles. The van der Waals surface area contributed by atoms with Crippen LogP contribution in [0.3, 0.4) is 0 Å². The first-order valence-electron chi connectivity index (χ1n) is 8.42. The van der Waals surface area contributed by atoms with E-state index in [2.05, 4.69) is 67.5 Å². The van der Waals surface area contributed by atoms with Crippen LogP contribution in [0.25, 0.3) is 0 Å². The number of aliphatic imine (C=N–C) groups is 1. The fourth-order valence-corrected chi connectivity index (χ4v) is 2.03. The van der Waals surface area contributed by atoms with Crippen LogP contribution in [-0.2, 0) is 6.54 Å². The molecule has 5 heteroatoms. The van der Waals surface area contributed by atoms with Gasteiger partial charge in [-0.05, 0) is 59.0 Å². The molecule has 0 bridgehead atoms. The van der Waals surface area contributed by atoms with E-state index in [9.17, 15) is 0 Å². The Bertz CT molecular complexity index is 455. The number of guanidine groups is 1. The highest BCUT2D eigenvalue weighted by Crippen LogP contribution is 2.13. The van der Waals surface area contributed by atoms with Gasteiger partial charge in [-0.3, -0.25) is 0 Å². The van der Waals surface area contributed by atoms with Gasteiger partial charge in [-0.15, -0.1) is 0 Å². The minimum atomic E-state index is 0.366. The Kier molecular flexibility index (Phi) is 9.14. The standard InChI is InChI=1S/C18H32N4O/c1-6-19-18(21-15(2)3)20-14-16-8-10-17(11-9-16)23-13-7-12-22(4)5/h8-11,15H,6-7,12-14H2,1-5H3,(H2,19,20,21). The average molecular weight is 320 g/mol. The van der Waals surface area contributed by atoms with Crippen molar-refractivity contribution in [1.82, 2.24) is 15.5 Å². The number of hydrogen-bond acceptors (Lipinski definition) is 3. The molecule has 0 fully saturated rings. The summed E-state index contributed by atoms with van der Waals surface area (Å²) in [5, 5.41) is 6.57. The highest BCUT2D eigenvalue weighted by molar-refractivity contribution is 5.79. The molecule has 0 saturated heterocycles. The van der Waals surface area contributed by atoms with Gasteiger partial charge < -0.3 is 20.3 Å². The Labute approximate surface area is 141 Å². The molecule has 0 radical (unpaired) electrons. The maximum atomic E-state index is 5.74. The van der Waals surface area contributed by atoms with Gasteiger partial charge in [0.2, 0.25) is 0 Å². The Morgan fingerprint density at radius 1 is 1.22 bits per heavy atom. The molecule has 0 aliphatic carbocycles. The largest absolute Gasteiger partial charge is 0.494 e. The lowest BCUT2D eigenvalue weighted by molar-refractivity contribution is 0.281. The monoisotopic (exact) mass is 320 g/mol. The summed E-state index contributed by atoms with van der Waals surface area (Å²) in [7, 11) is 4.15. The average Bonchev–Trinajstić information content (AvgIpc) is 2.50. The second-order valence-corrected chi connectivity index (χ2v) is 6.14. The van der Waals surface area contributed by atoms with E-state index in [0.29, 0.717) is 12.6 Å². The van der Waals surface area contributed by atoms with Crippen LogP contribution in [0, 0.1) is 0 Å². The Morgan fingerprint density at radius 3 is 2.48 bits per heavy atom. The van der Waals surface area contributed by atoms with Crippen molar-refractivity contribution in [3.8, 4) is 5.75 Å². The molecule has 0 aliphatic heterocycles. The second-order valence-electron chi connectivity index (χ2n) is 6.14. The number of hydrogen-bond donors (Lipinski definition) is 2. The third-order valence-electron chi connectivity index (χ3n) is 3.13. The van der Waals surface area contributed by atoms with Crippen molar-refractivity contribution < 1.29 is 4.74 Å². The molecular formula is C18H32N4O. The highest BCUT2D eigenvalue weighted by Gasteiger charge is 2.00. The summed E-state index contributed by atoms with van der Waals surface area (Å²) in [4.78, 5) is 6.76. The summed E-state index contributed by atoms with van der Waals surface area (Å²) in [6.45, 7) is 9.59. The number of ether oxygens (including phenoxy) is 1. The molecule has 23 heavy (non-hydrogen) atoms. The van der Waals surface area contributed by atoms with Gasteiger partial charge in [0.1, 0.15) is 5.75 Å². The van der Waals surface area contributed by atoms with Crippen molar-refractivity contribution in [2.45, 2.75) is 39.8 Å². The maximum absolute atomic E-state index is 5.74. The molecule has 0 spiro atoms. The van der Waals surface area contributed by atoms with Crippen molar-refractivity contribution in [2.24, 2.45) is 4.99 Å². The van der Waals surface area contributed by atoms with E-state index in [1.807, 2.05) is 12.1 Å². The molecular weight excluding hydrogens is 288 g/mol. The van der Waals surface area contributed by atoms with E-state index >= 15 is 0 Å². The lowest BCUT2D eigenvalue weighted by Crippen LogP contribution is -2.40. The first kappa shape index (κ1) is 19.3. The van der Waals surface area contributed by atoms with Crippen LogP contribution in [0.4, 0.5) is 0 Å². The summed E-state index contributed by atoms with van der Waals surface area (Å²) in [5.74, 6) is 1.77. The van der Waals surface area contributed by atoms with Gasteiger partial charge in [-0.2, -0.15) is 0 Å². The Balaban J connectivity index is 2.45. The maximum Gasteiger partial charge on any atom is 0.191 e. The number of rotatable bonds is 9. The lowest BCUT2D eigenvalue weighted by atomic mass is 10.2. The number of benzene rings is 1. The third-order valence-corrected chi connectivity index (χ3v) is 3.13. The first-order chi connectivity index (χ1) is 11.0.